The van der Waals surface area contributed by atoms with Gasteiger partial charge in [-0.2, -0.15) is 5.10 Å². The molecule has 1 aliphatic heterocycles. The average molecular weight is 553 g/mol. The number of aryl methyl sites for hydroxylation is 2. The molecule has 216 valence electrons. The lowest BCUT2D eigenvalue weighted by Gasteiger charge is -2.33. The topological polar surface area (TPSA) is 98.5 Å². The lowest BCUT2D eigenvalue weighted by molar-refractivity contribution is -0.138. The molecular formula is C30H40N4O6. The van der Waals surface area contributed by atoms with Gasteiger partial charge >= 0.3 is 0 Å². The fourth-order valence-electron chi connectivity index (χ4n) is 4.82. The Balaban J connectivity index is 1.42. The molecule has 1 N–H and O–H groups in total. The molecule has 4 rings (SSSR count). The van der Waals surface area contributed by atoms with Gasteiger partial charge in [0.15, 0.2) is 11.5 Å². The summed E-state index contributed by atoms with van der Waals surface area (Å²) in [5, 5.41) is 16.0. The number of carbonyl (C=O) groups excluding carboxylic acids is 1. The van der Waals surface area contributed by atoms with Crippen molar-refractivity contribution >= 4 is 5.91 Å². The zero-order chi connectivity index (χ0) is 28.4. The second-order valence-corrected chi connectivity index (χ2v) is 10.3. The van der Waals surface area contributed by atoms with Gasteiger partial charge in [0.25, 0.3) is 0 Å². The van der Waals surface area contributed by atoms with Crippen LogP contribution in [0.5, 0.6) is 17.2 Å². The van der Waals surface area contributed by atoms with Crippen LogP contribution in [0.25, 0.3) is 0 Å². The van der Waals surface area contributed by atoms with E-state index in [4.69, 9.17) is 18.9 Å². The number of carbonyl (C=O) groups is 1. The summed E-state index contributed by atoms with van der Waals surface area (Å²) in [5.41, 5.74) is 0.877. The Labute approximate surface area is 236 Å². The minimum atomic E-state index is -1.27. The number of ether oxygens (including phenoxy) is 4. The molecule has 10 nitrogen and oxygen atoms in total. The monoisotopic (exact) mass is 552 g/mol. The molecule has 0 saturated carbocycles. The van der Waals surface area contributed by atoms with Crippen LogP contribution in [-0.2, 0) is 22.6 Å². The van der Waals surface area contributed by atoms with Crippen molar-refractivity contribution in [3.63, 3.8) is 0 Å². The number of para-hydroxylation sites is 1. The SMILES string of the molecule is COCC(=O)N1CCN(Cc2ccc(OC)c(OCCCn3cc(C)cn3)c2)CC(O)(COc2ccccc2)C1. The second kappa shape index (κ2) is 14.2. The summed E-state index contributed by atoms with van der Waals surface area (Å²) in [4.78, 5) is 16.5. The van der Waals surface area contributed by atoms with Crippen LogP contribution < -0.4 is 14.2 Å². The average Bonchev–Trinajstić information content (AvgIpc) is 3.29. The predicted molar refractivity (Wildman–Crippen MR) is 151 cm³/mol. The van der Waals surface area contributed by atoms with Crippen LogP contribution >= 0.6 is 0 Å². The molecule has 1 amide bonds. The number of benzene rings is 2. The summed E-state index contributed by atoms with van der Waals surface area (Å²) in [6.45, 7) is 5.46. The van der Waals surface area contributed by atoms with Gasteiger partial charge < -0.3 is 29.0 Å². The van der Waals surface area contributed by atoms with E-state index in [0.29, 0.717) is 50.0 Å². The number of aliphatic hydroxyl groups is 1. The molecule has 1 fully saturated rings. The highest BCUT2D eigenvalue weighted by Gasteiger charge is 2.37. The molecule has 1 atom stereocenters. The normalized spacial score (nSPS) is 17.9. The van der Waals surface area contributed by atoms with Crippen molar-refractivity contribution in [1.29, 1.82) is 0 Å². The van der Waals surface area contributed by atoms with E-state index in [1.807, 2.05) is 72.5 Å². The quantitative estimate of drug-likeness (QED) is 0.324. The number of rotatable bonds is 13. The molecule has 3 aromatic rings. The van der Waals surface area contributed by atoms with Crippen LogP contribution in [0.15, 0.2) is 60.9 Å². The standard InChI is InChI=1S/C30H40N4O6/c1-24-17-31-34(18-24)12-7-15-39-28-16-25(10-11-27(28)38-3)19-32-13-14-33(29(35)20-37-2)22-30(36,21-32)23-40-26-8-5-4-6-9-26/h4-6,8-11,16-18,36H,7,12-15,19-23H2,1-3H3. The van der Waals surface area contributed by atoms with Crippen LogP contribution in [0.2, 0.25) is 0 Å². The highest BCUT2D eigenvalue weighted by Crippen LogP contribution is 2.29. The Kier molecular flexibility index (Phi) is 10.4. The predicted octanol–water partition coefficient (Wildman–Crippen LogP) is 2.77. The molecule has 2 aromatic carbocycles. The summed E-state index contributed by atoms with van der Waals surface area (Å²) in [6, 6.07) is 15.3. The van der Waals surface area contributed by atoms with E-state index in [2.05, 4.69) is 10.00 Å². The number of amides is 1. The maximum absolute atomic E-state index is 12.7. The van der Waals surface area contributed by atoms with Gasteiger partial charge in [0.05, 0.1) is 26.5 Å². The Hall–Kier alpha value is -3.60. The van der Waals surface area contributed by atoms with Crippen molar-refractivity contribution in [3.05, 3.63) is 72.1 Å². The molecule has 0 spiro atoms. The van der Waals surface area contributed by atoms with Crippen molar-refractivity contribution in [2.45, 2.75) is 32.0 Å². The molecule has 40 heavy (non-hydrogen) atoms. The van der Waals surface area contributed by atoms with Crippen molar-refractivity contribution in [1.82, 2.24) is 19.6 Å². The maximum atomic E-state index is 12.7. The van der Waals surface area contributed by atoms with Crippen molar-refractivity contribution in [3.8, 4) is 17.2 Å². The second-order valence-electron chi connectivity index (χ2n) is 10.3. The van der Waals surface area contributed by atoms with E-state index in [-0.39, 0.29) is 25.7 Å². The van der Waals surface area contributed by atoms with Crippen LogP contribution in [0.3, 0.4) is 0 Å². The summed E-state index contributed by atoms with van der Waals surface area (Å²) < 4.78 is 24.5. The molecule has 10 heteroatoms. The van der Waals surface area contributed by atoms with Gasteiger partial charge in [-0.05, 0) is 42.3 Å². The van der Waals surface area contributed by atoms with Gasteiger partial charge in [0, 0.05) is 52.5 Å². The van der Waals surface area contributed by atoms with Crippen molar-refractivity contribution < 1.29 is 28.8 Å². The fraction of sp³-hybridized carbons (Fsp3) is 0.467. The molecule has 0 aliphatic carbocycles. The molecule has 1 unspecified atom stereocenters. The van der Waals surface area contributed by atoms with E-state index in [9.17, 15) is 9.90 Å². The third-order valence-corrected chi connectivity index (χ3v) is 6.75. The lowest BCUT2D eigenvalue weighted by atomic mass is 10.0. The van der Waals surface area contributed by atoms with Crippen LogP contribution in [0.1, 0.15) is 17.5 Å². The van der Waals surface area contributed by atoms with Crippen LogP contribution in [0.4, 0.5) is 0 Å². The van der Waals surface area contributed by atoms with Gasteiger partial charge in [-0.25, -0.2) is 0 Å². The maximum Gasteiger partial charge on any atom is 0.248 e. The molecule has 1 aromatic heterocycles. The van der Waals surface area contributed by atoms with Crippen molar-refractivity contribution in [2.24, 2.45) is 0 Å². The number of aromatic nitrogens is 2. The minimum Gasteiger partial charge on any atom is -0.493 e. The van der Waals surface area contributed by atoms with Gasteiger partial charge in [-0.15, -0.1) is 0 Å². The highest BCUT2D eigenvalue weighted by molar-refractivity contribution is 5.77. The fourth-order valence-corrected chi connectivity index (χ4v) is 4.82. The molecule has 0 bridgehead atoms. The first-order valence-corrected chi connectivity index (χ1v) is 13.6. The van der Waals surface area contributed by atoms with Crippen LogP contribution in [0, 0.1) is 6.92 Å². The summed E-state index contributed by atoms with van der Waals surface area (Å²) in [5.74, 6) is 1.85. The number of methoxy groups -OCH3 is 2. The first-order valence-electron chi connectivity index (χ1n) is 13.6. The van der Waals surface area contributed by atoms with Crippen LogP contribution in [-0.4, -0.2) is 96.4 Å². The zero-order valence-electron chi connectivity index (χ0n) is 23.6. The number of β-amino-alcohol motifs (C(OH)–C–C–N with tert-alkyl or cyclic N) is 1. The van der Waals surface area contributed by atoms with Gasteiger partial charge in [0.1, 0.15) is 24.6 Å². The Morgan fingerprint density at radius 1 is 1.05 bits per heavy atom. The molecule has 1 saturated heterocycles. The third-order valence-electron chi connectivity index (χ3n) is 6.75. The van der Waals surface area contributed by atoms with Gasteiger partial charge in [-0.1, -0.05) is 24.3 Å². The first kappa shape index (κ1) is 29.4. The lowest BCUT2D eigenvalue weighted by Crippen LogP contribution is -2.52. The summed E-state index contributed by atoms with van der Waals surface area (Å²) in [7, 11) is 3.12. The van der Waals surface area contributed by atoms with Gasteiger partial charge in [0.2, 0.25) is 5.91 Å². The molecule has 2 heterocycles. The van der Waals surface area contributed by atoms with E-state index in [1.54, 1.807) is 12.0 Å². The summed E-state index contributed by atoms with van der Waals surface area (Å²) in [6.07, 6.45) is 4.66. The molecule has 1 aliphatic rings. The largest absolute Gasteiger partial charge is 0.493 e. The van der Waals surface area contributed by atoms with Crippen molar-refractivity contribution in [2.75, 3.05) is 60.2 Å². The highest BCUT2D eigenvalue weighted by atomic mass is 16.5. The van der Waals surface area contributed by atoms with E-state index >= 15 is 0 Å². The minimum absolute atomic E-state index is 0.0329. The third kappa shape index (κ3) is 8.45. The van der Waals surface area contributed by atoms with E-state index in [0.717, 1.165) is 24.1 Å². The molecular weight excluding hydrogens is 512 g/mol. The summed E-state index contributed by atoms with van der Waals surface area (Å²) >= 11 is 0. The number of nitrogens with zero attached hydrogens (tertiary/aromatic N) is 4. The number of hydrogen-bond acceptors (Lipinski definition) is 8. The van der Waals surface area contributed by atoms with E-state index in [1.165, 1.54) is 7.11 Å². The van der Waals surface area contributed by atoms with Gasteiger partial charge in [-0.3, -0.25) is 14.4 Å². The zero-order valence-corrected chi connectivity index (χ0v) is 23.6. The Morgan fingerprint density at radius 3 is 2.60 bits per heavy atom. The smallest absolute Gasteiger partial charge is 0.248 e. The number of hydrogen-bond donors (Lipinski definition) is 1. The Bertz CT molecular complexity index is 1220. The van der Waals surface area contributed by atoms with E-state index < -0.39 is 5.60 Å². The molecule has 0 radical (unpaired) electrons. The Morgan fingerprint density at radius 2 is 1.88 bits per heavy atom. The first-order chi connectivity index (χ1) is 19.4.